The van der Waals surface area contributed by atoms with E-state index in [4.69, 9.17) is 4.74 Å². The number of carbonyl (C=O) groups excluding carboxylic acids is 2. The maximum atomic E-state index is 14.0. The molecule has 0 radical (unpaired) electrons. The second kappa shape index (κ2) is 11.1. The zero-order chi connectivity index (χ0) is 25.5. The Bertz CT molecular complexity index is 1300. The van der Waals surface area contributed by atoms with Crippen molar-refractivity contribution >= 4 is 22.9 Å². The molecule has 0 bridgehead atoms. The third-order valence-corrected chi connectivity index (χ3v) is 5.70. The molecule has 2 amide bonds. The zero-order valence-electron chi connectivity index (χ0n) is 20.9. The van der Waals surface area contributed by atoms with Gasteiger partial charge in [-0.05, 0) is 73.2 Å². The fourth-order valence-corrected chi connectivity index (χ4v) is 4.06. The first-order chi connectivity index (χ1) is 17.3. The first-order valence-corrected chi connectivity index (χ1v) is 12.0. The summed E-state index contributed by atoms with van der Waals surface area (Å²) in [5.41, 5.74) is 3.27. The standard InChI is InChI=1S/C29H32N4O3/c1-29(2,3)36-28(35)32-26(18-21-7-5-4-6-8-21)27(34)33(19-22-11-14-30-15-12-22)20-23-9-10-25-24(17-23)13-16-31-25/h4-17,26,31H,18-20H2,1-3H3,(H,32,35)/t26-/m1/s1. The highest BCUT2D eigenvalue weighted by molar-refractivity contribution is 5.86. The van der Waals surface area contributed by atoms with E-state index in [1.807, 2.05) is 66.9 Å². The van der Waals surface area contributed by atoms with Crippen LogP contribution in [0, 0.1) is 0 Å². The number of aromatic nitrogens is 2. The lowest BCUT2D eigenvalue weighted by Gasteiger charge is -2.29. The second-order valence-corrected chi connectivity index (χ2v) is 9.84. The average Bonchev–Trinajstić information content (AvgIpc) is 3.31. The van der Waals surface area contributed by atoms with E-state index >= 15 is 0 Å². The van der Waals surface area contributed by atoms with Crippen molar-refractivity contribution in [2.45, 2.75) is 51.9 Å². The fourth-order valence-electron chi connectivity index (χ4n) is 4.06. The van der Waals surface area contributed by atoms with Gasteiger partial charge in [0, 0.05) is 43.6 Å². The SMILES string of the molecule is CC(C)(C)OC(=O)N[C@H](Cc1ccccc1)C(=O)N(Cc1ccncc1)Cc1ccc2[nH]ccc2c1. The predicted molar refractivity (Wildman–Crippen MR) is 140 cm³/mol. The predicted octanol–water partition coefficient (Wildman–Crippen LogP) is 5.23. The van der Waals surface area contributed by atoms with Crippen molar-refractivity contribution in [3.8, 4) is 0 Å². The van der Waals surface area contributed by atoms with Crippen LogP contribution in [0.5, 0.6) is 0 Å². The molecule has 4 rings (SSSR count). The number of rotatable bonds is 8. The topological polar surface area (TPSA) is 87.3 Å². The molecular formula is C29H32N4O3. The van der Waals surface area contributed by atoms with Gasteiger partial charge in [-0.1, -0.05) is 36.4 Å². The Morgan fingerprint density at radius 1 is 0.944 bits per heavy atom. The van der Waals surface area contributed by atoms with Crippen LogP contribution < -0.4 is 5.32 Å². The van der Waals surface area contributed by atoms with Crippen molar-refractivity contribution in [3.05, 3.63) is 102 Å². The van der Waals surface area contributed by atoms with Crippen LogP contribution in [0.25, 0.3) is 10.9 Å². The average molecular weight is 485 g/mol. The molecule has 2 aromatic heterocycles. The minimum Gasteiger partial charge on any atom is -0.444 e. The largest absolute Gasteiger partial charge is 0.444 e. The van der Waals surface area contributed by atoms with Gasteiger partial charge in [0.1, 0.15) is 11.6 Å². The second-order valence-electron chi connectivity index (χ2n) is 9.84. The number of aromatic amines is 1. The molecule has 7 heteroatoms. The number of nitrogens with one attached hydrogen (secondary N) is 2. The van der Waals surface area contributed by atoms with Crippen LogP contribution >= 0.6 is 0 Å². The minimum absolute atomic E-state index is 0.185. The summed E-state index contributed by atoms with van der Waals surface area (Å²) in [5, 5.41) is 3.91. The maximum Gasteiger partial charge on any atom is 0.408 e. The van der Waals surface area contributed by atoms with Gasteiger partial charge < -0.3 is 19.9 Å². The number of pyridine rings is 1. The summed E-state index contributed by atoms with van der Waals surface area (Å²) in [7, 11) is 0. The number of carbonyl (C=O) groups is 2. The number of fused-ring (bicyclic) bond motifs is 1. The summed E-state index contributed by atoms with van der Waals surface area (Å²) in [6, 6.07) is 20.8. The van der Waals surface area contributed by atoms with Gasteiger partial charge in [-0.3, -0.25) is 9.78 Å². The molecule has 1 atom stereocenters. The molecule has 0 saturated carbocycles. The van der Waals surface area contributed by atoms with Crippen LogP contribution in [0.2, 0.25) is 0 Å². The first kappa shape index (κ1) is 25.0. The normalized spacial score (nSPS) is 12.2. The first-order valence-electron chi connectivity index (χ1n) is 12.0. The van der Waals surface area contributed by atoms with Crippen LogP contribution in [0.15, 0.2) is 85.3 Å². The van der Waals surface area contributed by atoms with Crippen LogP contribution in [-0.2, 0) is 29.0 Å². The molecule has 36 heavy (non-hydrogen) atoms. The van der Waals surface area contributed by atoms with Crippen molar-refractivity contribution in [1.82, 2.24) is 20.2 Å². The Balaban J connectivity index is 1.62. The molecule has 0 saturated heterocycles. The van der Waals surface area contributed by atoms with E-state index in [9.17, 15) is 9.59 Å². The molecule has 0 aliphatic carbocycles. The van der Waals surface area contributed by atoms with E-state index in [0.717, 1.165) is 27.6 Å². The van der Waals surface area contributed by atoms with Crippen molar-refractivity contribution < 1.29 is 14.3 Å². The Hall–Kier alpha value is -4.13. The molecule has 186 valence electrons. The van der Waals surface area contributed by atoms with Crippen molar-refractivity contribution in [2.24, 2.45) is 0 Å². The molecule has 2 heterocycles. The highest BCUT2D eigenvalue weighted by Gasteiger charge is 2.29. The van der Waals surface area contributed by atoms with Crippen molar-refractivity contribution in [2.75, 3.05) is 0 Å². The molecule has 0 unspecified atom stereocenters. The van der Waals surface area contributed by atoms with E-state index in [0.29, 0.717) is 19.5 Å². The number of benzene rings is 2. The monoisotopic (exact) mass is 484 g/mol. The van der Waals surface area contributed by atoms with Gasteiger partial charge in [-0.25, -0.2) is 4.79 Å². The molecule has 0 aliphatic heterocycles. The molecule has 4 aromatic rings. The third-order valence-electron chi connectivity index (χ3n) is 5.70. The lowest BCUT2D eigenvalue weighted by Crippen LogP contribution is -2.50. The fraction of sp³-hybridized carbons (Fsp3) is 0.276. The molecular weight excluding hydrogens is 452 g/mol. The van der Waals surface area contributed by atoms with Gasteiger partial charge in [0.2, 0.25) is 5.91 Å². The summed E-state index contributed by atoms with van der Waals surface area (Å²) in [6.45, 7) is 6.17. The minimum atomic E-state index is -0.792. The lowest BCUT2D eigenvalue weighted by atomic mass is 10.0. The van der Waals surface area contributed by atoms with Crippen LogP contribution in [0.3, 0.4) is 0 Å². The van der Waals surface area contributed by atoms with Crippen molar-refractivity contribution in [1.29, 1.82) is 0 Å². The Morgan fingerprint density at radius 2 is 1.67 bits per heavy atom. The highest BCUT2D eigenvalue weighted by atomic mass is 16.6. The highest BCUT2D eigenvalue weighted by Crippen LogP contribution is 2.19. The Kier molecular flexibility index (Phi) is 7.68. The molecule has 2 N–H and O–H groups in total. The molecule has 2 aromatic carbocycles. The zero-order valence-corrected chi connectivity index (χ0v) is 20.9. The molecule has 0 spiro atoms. The Morgan fingerprint density at radius 3 is 2.39 bits per heavy atom. The summed E-state index contributed by atoms with van der Waals surface area (Å²) >= 11 is 0. The number of H-pyrrole nitrogens is 1. The Labute approximate surface area is 211 Å². The van der Waals surface area contributed by atoms with E-state index in [1.54, 1.807) is 38.1 Å². The summed E-state index contributed by atoms with van der Waals surface area (Å²) in [4.78, 5) is 35.8. The number of nitrogens with zero attached hydrogens (tertiary/aromatic N) is 2. The lowest BCUT2D eigenvalue weighted by molar-refractivity contribution is -0.134. The van der Waals surface area contributed by atoms with Gasteiger partial charge in [0.25, 0.3) is 0 Å². The molecule has 7 nitrogen and oxygen atoms in total. The van der Waals surface area contributed by atoms with Gasteiger partial charge >= 0.3 is 6.09 Å². The van der Waals surface area contributed by atoms with E-state index in [2.05, 4.69) is 21.4 Å². The smallest absolute Gasteiger partial charge is 0.408 e. The quantitative estimate of drug-likeness (QED) is 0.359. The van der Waals surface area contributed by atoms with Crippen LogP contribution in [-0.4, -0.2) is 38.5 Å². The van der Waals surface area contributed by atoms with E-state index < -0.39 is 17.7 Å². The number of amides is 2. The van der Waals surface area contributed by atoms with Crippen molar-refractivity contribution in [3.63, 3.8) is 0 Å². The summed E-state index contributed by atoms with van der Waals surface area (Å²) in [5.74, 6) is -0.185. The van der Waals surface area contributed by atoms with Crippen LogP contribution in [0.1, 0.15) is 37.5 Å². The van der Waals surface area contributed by atoms with E-state index in [1.165, 1.54) is 0 Å². The maximum absolute atomic E-state index is 14.0. The van der Waals surface area contributed by atoms with Gasteiger partial charge in [-0.2, -0.15) is 0 Å². The molecule has 0 aliphatic rings. The summed E-state index contributed by atoms with van der Waals surface area (Å²) in [6.07, 6.45) is 5.06. The number of ether oxygens (including phenoxy) is 1. The summed E-state index contributed by atoms with van der Waals surface area (Å²) < 4.78 is 5.48. The van der Waals surface area contributed by atoms with Gasteiger partial charge in [0.15, 0.2) is 0 Å². The third kappa shape index (κ3) is 6.95. The molecule has 0 fully saturated rings. The number of hydrogen-bond donors (Lipinski definition) is 2. The van der Waals surface area contributed by atoms with Crippen LogP contribution in [0.4, 0.5) is 4.79 Å². The van der Waals surface area contributed by atoms with Gasteiger partial charge in [-0.15, -0.1) is 0 Å². The van der Waals surface area contributed by atoms with E-state index in [-0.39, 0.29) is 5.91 Å². The number of alkyl carbamates (subject to hydrolysis) is 1. The van der Waals surface area contributed by atoms with Gasteiger partial charge in [0.05, 0.1) is 0 Å². The number of hydrogen-bond acceptors (Lipinski definition) is 4.